The highest BCUT2D eigenvalue weighted by molar-refractivity contribution is 7.89. The van der Waals surface area contributed by atoms with Crippen molar-refractivity contribution in [1.29, 1.82) is 0 Å². The van der Waals surface area contributed by atoms with Gasteiger partial charge in [0.25, 0.3) is 5.91 Å². The zero-order chi connectivity index (χ0) is 21.0. The van der Waals surface area contributed by atoms with Gasteiger partial charge in [-0.15, -0.1) is 0 Å². The maximum Gasteiger partial charge on any atom is 0.255 e. The normalized spacial score (nSPS) is 14.9. The molecule has 1 aliphatic heterocycles. The number of carboxylic acid groups (broad SMARTS) is 1. The van der Waals surface area contributed by atoms with Crippen molar-refractivity contribution in [1.82, 2.24) is 4.31 Å². The van der Waals surface area contributed by atoms with Gasteiger partial charge in [0.2, 0.25) is 10.0 Å². The van der Waals surface area contributed by atoms with E-state index in [1.54, 1.807) is 0 Å². The number of carbonyl (C=O) groups excluding carboxylic acids is 2. The fraction of sp³-hybridized carbons (Fsp3) is 0.263. The van der Waals surface area contributed by atoms with Gasteiger partial charge in [-0.3, -0.25) is 4.79 Å². The average Bonchev–Trinajstić information content (AvgIpc) is 2.74. The number of amides is 1. The molecule has 1 fully saturated rings. The summed E-state index contributed by atoms with van der Waals surface area (Å²) in [6, 6.07) is 9.63. The molecule has 0 aliphatic carbocycles. The lowest BCUT2D eigenvalue weighted by Crippen LogP contribution is -2.40. The minimum absolute atomic E-state index is 0.0801. The number of carbonyl (C=O) groups is 2. The highest BCUT2D eigenvalue weighted by Gasteiger charge is 2.30. The Hall–Kier alpha value is -2.95. The number of hydrogen-bond acceptors (Lipinski definition) is 7. The van der Waals surface area contributed by atoms with Gasteiger partial charge >= 0.3 is 0 Å². The number of nitrogens with zero attached hydrogens (tertiary/aromatic N) is 1. The van der Waals surface area contributed by atoms with Crippen LogP contribution < -0.4 is 15.2 Å². The Labute approximate surface area is 167 Å². The van der Waals surface area contributed by atoms with Gasteiger partial charge in [0.1, 0.15) is 10.6 Å². The van der Waals surface area contributed by atoms with Crippen LogP contribution in [-0.4, -0.2) is 58.0 Å². The maximum atomic E-state index is 13.0. The summed E-state index contributed by atoms with van der Waals surface area (Å²) in [6.07, 6.45) is 0. The molecule has 0 bridgehead atoms. The van der Waals surface area contributed by atoms with E-state index in [-0.39, 0.29) is 53.8 Å². The van der Waals surface area contributed by atoms with Crippen molar-refractivity contribution in [3.05, 3.63) is 53.6 Å². The summed E-state index contributed by atoms with van der Waals surface area (Å²) >= 11 is 0. The summed E-state index contributed by atoms with van der Waals surface area (Å²) in [4.78, 5) is 23.4. The van der Waals surface area contributed by atoms with E-state index in [0.717, 1.165) is 0 Å². The van der Waals surface area contributed by atoms with Gasteiger partial charge in [-0.1, -0.05) is 12.1 Å². The summed E-state index contributed by atoms with van der Waals surface area (Å²) in [5.74, 6) is -1.85. The summed E-state index contributed by atoms with van der Waals surface area (Å²) in [5, 5.41) is 13.5. The maximum absolute atomic E-state index is 13.0. The van der Waals surface area contributed by atoms with Gasteiger partial charge in [-0.25, -0.2) is 8.42 Å². The van der Waals surface area contributed by atoms with Gasteiger partial charge in [0.15, 0.2) is 0 Å². The van der Waals surface area contributed by atoms with Crippen LogP contribution in [0.2, 0.25) is 0 Å². The first-order valence-electron chi connectivity index (χ1n) is 8.71. The van der Waals surface area contributed by atoms with Crippen LogP contribution in [0, 0.1) is 0 Å². The molecular formula is C19H19N2O7S-. The minimum atomic E-state index is -3.89. The molecule has 0 spiro atoms. The Bertz CT molecular complexity index is 1030. The summed E-state index contributed by atoms with van der Waals surface area (Å²) < 4.78 is 37.7. The van der Waals surface area contributed by atoms with E-state index < -0.39 is 21.9 Å². The monoisotopic (exact) mass is 419 g/mol. The number of hydrogen-bond donors (Lipinski definition) is 1. The zero-order valence-corrected chi connectivity index (χ0v) is 16.4. The Kier molecular flexibility index (Phi) is 6.16. The molecule has 2 aromatic carbocycles. The molecule has 1 heterocycles. The molecular weight excluding hydrogens is 400 g/mol. The second kappa shape index (κ2) is 8.60. The van der Waals surface area contributed by atoms with Crippen LogP contribution in [0.1, 0.15) is 20.7 Å². The van der Waals surface area contributed by atoms with Crippen molar-refractivity contribution >= 4 is 27.6 Å². The number of nitrogens with one attached hydrogen (secondary N) is 1. The Morgan fingerprint density at radius 1 is 1.10 bits per heavy atom. The van der Waals surface area contributed by atoms with E-state index >= 15 is 0 Å². The standard InChI is InChI=1S/C19H20N2O7S/c1-27-16-6-5-13(12-17(16)29(25,26)21-7-9-28-10-8-21)18(22)20-15-4-2-3-14(11-15)19(23)24/h2-6,11-12H,7-10H2,1H3,(H,20,22)(H,23,24)/p-1. The number of methoxy groups -OCH3 is 1. The second-order valence-corrected chi connectivity index (χ2v) is 8.11. The molecule has 0 atom stereocenters. The van der Waals surface area contributed by atoms with Crippen LogP contribution in [0.4, 0.5) is 5.69 Å². The zero-order valence-electron chi connectivity index (χ0n) is 15.6. The molecule has 3 rings (SSSR count). The fourth-order valence-electron chi connectivity index (χ4n) is 2.87. The lowest BCUT2D eigenvalue weighted by atomic mass is 10.1. The number of ether oxygens (including phenoxy) is 2. The van der Waals surface area contributed by atoms with Gasteiger partial charge < -0.3 is 24.7 Å². The van der Waals surface area contributed by atoms with Crippen LogP contribution >= 0.6 is 0 Å². The molecule has 0 unspecified atom stereocenters. The van der Waals surface area contributed by atoms with Gasteiger partial charge in [0, 0.05) is 24.3 Å². The van der Waals surface area contributed by atoms with Gasteiger partial charge in [-0.2, -0.15) is 4.31 Å². The molecule has 0 radical (unpaired) electrons. The van der Waals surface area contributed by atoms with Crippen molar-refractivity contribution in [3.8, 4) is 5.75 Å². The quantitative estimate of drug-likeness (QED) is 0.715. The molecule has 2 aromatic rings. The first kappa shape index (κ1) is 20.8. The van der Waals surface area contributed by atoms with Crippen molar-refractivity contribution < 1.29 is 32.6 Å². The molecule has 9 nitrogen and oxygen atoms in total. The van der Waals surface area contributed by atoms with Crippen molar-refractivity contribution in [2.45, 2.75) is 4.90 Å². The van der Waals surface area contributed by atoms with Crippen LogP contribution in [-0.2, 0) is 14.8 Å². The van der Waals surface area contributed by atoms with Crippen LogP contribution in [0.3, 0.4) is 0 Å². The lowest BCUT2D eigenvalue weighted by Gasteiger charge is -2.26. The van der Waals surface area contributed by atoms with Crippen LogP contribution in [0.15, 0.2) is 47.4 Å². The van der Waals surface area contributed by atoms with E-state index in [2.05, 4.69) is 5.32 Å². The lowest BCUT2D eigenvalue weighted by molar-refractivity contribution is -0.255. The molecule has 10 heteroatoms. The van der Waals surface area contributed by atoms with E-state index in [1.165, 1.54) is 53.9 Å². The minimum Gasteiger partial charge on any atom is -0.545 e. The fourth-order valence-corrected chi connectivity index (χ4v) is 4.46. The summed E-state index contributed by atoms with van der Waals surface area (Å²) in [7, 11) is -2.54. The number of benzene rings is 2. The summed E-state index contributed by atoms with van der Waals surface area (Å²) in [5.41, 5.74) is 0.231. The molecule has 1 N–H and O–H groups in total. The molecule has 1 aliphatic rings. The molecule has 154 valence electrons. The molecule has 29 heavy (non-hydrogen) atoms. The number of morpholine rings is 1. The highest BCUT2D eigenvalue weighted by Crippen LogP contribution is 2.28. The third-order valence-corrected chi connectivity index (χ3v) is 6.29. The van der Waals surface area contributed by atoms with Crippen LogP contribution in [0.5, 0.6) is 5.75 Å². The van der Waals surface area contributed by atoms with Crippen molar-refractivity contribution in [2.75, 3.05) is 38.7 Å². The van der Waals surface area contributed by atoms with Gasteiger partial charge in [0.05, 0.1) is 26.3 Å². The Balaban J connectivity index is 1.91. The molecule has 1 amide bonds. The summed E-state index contributed by atoms with van der Waals surface area (Å²) in [6.45, 7) is 0.989. The average molecular weight is 419 g/mol. The predicted octanol–water partition coefficient (Wildman–Crippen LogP) is 0.332. The first-order chi connectivity index (χ1) is 13.8. The highest BCUT2D eigenvalue weighted by atomic mass is 32.2. The van der Waals surface area contributed by atoms with E-state index in [0.29, 0.717) is 0 Å². The molecule has 0 saturated carbocycles. The van der Waals surface area contributed by atoms with Gasteiger partial charge in [-0.05, 0) is 35.9 Å². The molecule has 1 saturated heterocycles. The van der Waals surface area contributed by atoms with E-state index in [1.807, 2.05) is 0 Å². The van der Waals surface area contributed by atoms with E-state index in [4.69, 9.17) is 9.47 Å². The number of carboxylic acids is 1. The largest absolute Gasteiger partial charge is 0.545 e. The topological polar surface area (TPSA) is 125 Å². The van der Waals surface area contributed by atoms with E-state index in [9.17, 15) is 23.1 Å². The Morgan fingerprint density at radius 3 is 2.48 bits per heavy atom. The number of anilines is 1. The number of aromatic carboxylic acids is 1. The SMILES string of the molecule is COc1ccc(C(=O)Nc2cccc(C(=O)[O-])c2)cc1S(=O)(=O)N1CCOCC1. The van der Waals surface area contributed by atoms with Crippen molar-refractivity contribution in [3.63, 3.8) is 0 Å². The predicted molar refractivity (Wildman–Crippen MR) is 101 cm³/mol. The van der Waals surface area contributed by atoms with Crippen molar-refractivity contribution in [2.24, 2.45) is 0 Å². The third kappa shape index (κ3) is 4.56. The number of sulfonamides is 1. The second-order valence-electron chi connectivity index (χ2n) is 6.20. The third-order valence-electron chi connectivity index (χ3n) is 4.37. The first-order valence-corrected chi connectivity index (χ1v) is 10.2. The number of rotatable bonds is 6. The smallest absolute Gasteiger partial charge is 0.255 e. The molecule has 0 aromatic heterocycles. The van der Waals surface area contributed by atoms with Crippen LogP contribution in [0.25, 0.3) is 0 Å². The Morgan fingerprint density at radius 2 is 1.83 bits per heavy atom.